The van der Waals surface area contributed by atoms with Gasteiger partial charge in [0.1, 0.15) is 0 Å². The second kappa shape index (κ2) is 7.46. The third-order valence-corrected chi connectivity index (χ3v) is 5.52. The Hall–Kier alpha value is -2.81. The van der Waals surface area contributed by atoms with Gasteiger partial charge in [0.15, 0.2) is 16.8 Å². The average molecular weight is 438 g/mol. The van der Waals surface area contributed by atoms with Gasteiger partial charge in [-0.1, -0.05) is 23.7 Å². The molecule has 1 aliphatic rings. The number of nitrogens with zero attached hydrogens (tertiary/aromatic N) is 5. The quantitative estimate of drug-likeness (QED) is 0.603. The van der Waals surface area contributed by atoms with Crippen molar-refractivity contribution in [1.82, 2.24) is 19.5 Å². The van der Waals surface area contributed by atoms with Gasteiger partial charge >= 0.3 is 6.18 Å². The van der Waals surface area contributed by atoms with Gasteiger partial charge in [0, 0.05) is 32.3 Å². The number of fused-ring (bicyclic) bond motifs is 3. The van der Waals surface area contributed by atoms with Crippen molar-refractivity contribution in [2.24, 2.45) is 0 Å². The molecule has 0 aliphatic carbocycles. The van der Waals surface area contributed by atoms with Crippen molar-refractivity contribution in [3.63, 3.8) is 0 Å². The summed E-state index contributed by atoms with van der Waals surface area (Å²) in [7, 11) is 1.15. The van der Waals surface area contributed by atoms with Gasteiger partial charge in [0.05, 0.1) is 17.6 Å². The first-order chi connectivity index (χ1) is 14.2. The summed E-state index contributed by atoms with van der Waals surface area (Å²) < 4.78 is 42.5. The van der Waals surface area contributed by atoms with Crippen LogP contribution in [0.15, 0.2) is 36.5 Å². The molecule has 6 nitrogen and oxygen atoms in total. The van der Waals surface area contributed by atoms with E-state index in [2.05, 4.69) is 10.1 Å². The fraction of sp³-hybridized carbons (Fsp3) is 0.350. The third-order valence-electron chi connectivity index (χ3n) is 5.33. The molecule has 4 rings (SSSR count). The lowest BCUT2D eigenvalue weighted by Gasteiger charge is -2.32. The molecule has 0 saturated carbocycles. The summed E-state index contributed by atoms with van der Waals surface area (Å²) in [4.78, 5) is 18.7. The van der Waals surface area contributed by atoms with Crippen LogP contribution in [-0.2, 0) is 11.2 Å². The van der Waals surface area contributed by atoms with Crippen LogP contribution in [0.1, 0.15) is 30.6 Å². The zero-order valence-corrected chi connectivity index (χ0v) is 17.1. The number of anilines is 2. The Morgan fingerprint density at radius 1 is 1.27 bits per heavy atom. The first kappa shape index (κ1) is 20.5. The van der Waals surface area contributed by atoms with Gasteiger partial charge in [-0.05, 0) is 30.5 Å². The number of hydrogen-bond donors (Lipinski definition) is 0. The highest BCUT2D eigenvalue weighted by atomic mass is 35.5. The minimum Gasteiger partial charge on any atom is -0.339 e. The normalized spacial score (nSPS) is 15.2. The summed E-state index contributed by atoms with van der Waals surface area (Å²) in [5.41, 5.74) is 3.19. The maximum atomic E-state index is 13.6. The molecule has 0 N–H and O–H groups in total. The van der Waals surface area contributed by atoms with Crippen molar-refractivity contribution in [1.29, 1.82) is 0 Å². The van der Waals surface area contributed by atoms with Crippen LogP contribution in [-0.4, -0.2) is 45.2 Å². The lowest BCUT2D eigenvalue weighted by molar-refractivity contribution is -0.188. The summed E-state index contributed by atoms with van der Waals surface area (Å²) in [5.74, 6) is -0.653. The Kier molecular flexibility index (Phi) is 5.09. The molecule has 1 atom stereocenters. The fourth-order valence-electron chi connectivity index (χ4n) is 3.85. The van der Waals surface area contributed by atoms with Crippen molar-refractivity contribution in [3.8, 4) is 0 Å². The van der Waals surface area contributed by atoms with E-state index in [-0.39, 0.29) is 5.56 Å². The largest absolute Gasteiger partial charge is 0.413 e. The molecule has 10 heteroatoms. The minimum absolute atomic E-state index is 0.00798. The predicted molar refractivity (Wildman–Crippen MR) is 107 cm³/mol. The molecule has 3 heterocycles. The van der Waals surface area contributed by atoms with Crippen molar-refractivity contribution in [2.45, 2.75) is 32.0 Å². The van der Waals surface area contributed by atoms with Crippen LogP contribution in [0.3, 0.4) is 0 Å². The molecule has 0 saturated heterocycles. The molecule has 158 valence electrons. The Morgan fingerprint density at radius 2 is 1.97 bits per heavy atom. The molecule has 0 bridgehead atoms. The van der Waals surface area contributed by atoms with E-state index in [0.29, 0.717) is 22.2 Å². The van der Waals surface area contributed by atoms with Gasteiger partial charge in [0.2, 0.25) is 5.91 Å². The molecule has 3 aromatic rings. The van der Waals surface area contributed by atoms with Crippen LogP contribution >= 0.6 is 11.6 Å². The Bertz CT molecular complexity index is 1100. The van der Waals surface area contributed by atoms with E-state index in [9.17, 15) is 18.0 Å². The van der Waals surface area contributed by atoms with E-state index in [1.54, 1.807) is 28.9 Å². The highest BCUT2D eigenvalue weighted by Crippen LogP contribution is 2.39. The zero-order chi connectivity index (χ0) is 21.6. The lowest BCUT2D eigenvalue weighted by atomic mass is 10.0. The number of amides is 1. The SMILES string of the molecule is CC(=O)N(C)[C@@H](c1ccc(N2CCCc3c2cnc2cc(Cl)nn32)cc1)C(F)(F)F. The molecule has 0 radical (unpaired) electrons. The topological polar surface area (TPSA) is 53.7 Å². The van der Waals surface area contributed by atoms with E-state index < -0.39 is 18.1 Å². The second-order valence-electron chi connectivity index (χ2n) is 7.25. The number of halogens is 4. The first-order valence-corrected chi connectivity index (χ1v) is 9.75. The molecule has 0 spiro atoms. The number of aryl methyl sites for hydroxylation is 1. The molecule has 30 heavy (non-hydrogen) atoms. The standard InChI is InChI=1S/C20H19ClF3N5O/c1-12(30)27(2)19(20(22,23)24)13-5-7-14(8-6-13)28-9-3-4-15-16(28)11-25-18-10-17(21)26-29(15)18/h5-8,10-11,19H,3-4,9H2,1-2H3/t19-/m0/s1. The second-order valence-corrected chi connectivity index (χ2v) is 7.64. The molecular formula is C20H19ClF3N5O. The number of hydrogen-bond acceptors (Lipinski definition) is 4. The third kappa shape index (κ3) is 3.58. The van der Waals surface area contributed by atoms with E-state index in [0.717, 1.165) is 43.9 Å². The summed E-state index contributed by atoms with van der Waals surface area (Å²) in [5, 5.41) is 4.64. The highest BCUT2D eigenvalue weighted by Gasteiger charge is 2.44. The van der Waals surface area contributed by atoms with Gasteiger partial charge in [0.25, 0.3) is 0 Å². The van der Waals surface area contributed by atoms with Gasteiger partial charge in [-0.25, -0.2) is 9.50 Å². The maximum absolute atomic E-state index is 13.6. The fourth-order valence-corrected chi connectivity index (χ4v) is 4.02. The highest BCUT2D eigenvalue weighted by molar-refractivity contribution is 6.29. The number of rotatable bonds is 3. The summed E-state index contributed by atoms with van der Waals surface area (Å²) in [6, 6.07) is 5.79. The van der Waals surface area contributed by atoms with Gasteiger partial charge in [-0.15, -0.1) is 0 Å². The van der Waals surface area contributed by atoms with Crippen molar-refractivity contribution >= 4 is 34.5 Å². The van der Waals surface area contributed by atoms with Crippen molar-refractivity contribution in [3.05, 3.63) is 52.9 Å². The van der Waals surface area contributed by atoms with Gasteiger partial charge < -0.3 is 9.80 Å². The van der Waals surface area contributed by atoms with Crippen molar-refractivity contribution < 1.29 is 18.0 Å². The molecule has 0 unspecified atom stereocenters. The van der Waals surface area contributed by atoms with Crippen LogP contribution in [0.4, 0.5) is 24.5 Å². The number of benzene rings is 1. The Morgan fingerprint density at radius 3 is 2.60 bits per heavy atom. The van der Waals surface area contributed by atoms with E-state index in [4.69, 9.17) is 11.6 Å². The monoisotopic (exact) mass is 437 g/mol. The van der Waals surface area contributed by atoms with E-state index in [1.165, 1.54) is 12.1 Å². The maximum Gasteiger partial charge on any atom is 0.413 e. The summed E-state index contributed by atoms with van der Waals surface area (Å²) in [6.07, 6.45) is -1.20. The Balaban J connectivity index is 1.70. The van der Waals surface area contributed by atoms with Crippen LogP contribution in [0.2, 0.25) is 5.15 Å². The minimum atomic E-state index is -4.57. The smallest absolute Gasteiger partial charge is 0.339 e. The van der Waals surface area contributed by atoms with Crippen LogP contribution in [0, 0.1) is 0 Å². The summed E-state index contributed by atoms with van der Waals surface area (Å²) >= 11 is 6.01. The number of carbonyl (C=O) groups is 1. The predicted octanol–water partition coefficient (Wildman–Crippen LogP) is 4.55. The first-order valence-electron chi connectivity index (χ1n) is 9.37. The lowest BCUT2D eigenvalue weighted by Crippen LogP contribution is -2.38. The van der Waals surface area contributed by atoms with Crippen LogP contribution in [0.25, 0.3) is 5.65 Å². The van der Waals surface area contributed by atoms with Gasteiger partial charge in [-0.2, -0.15) is 18.3 Å². The molecule has 1 aliphatic heterocycles. The van der Waals surface area contributed by atoms with Crippen LogP contribution < -0.4 is 4.90 Å². The molecular weight excluding hydrogens is 419 g/mol. The Labute approximate surface area is 175 Å². The zero-order valence-electron chi connectivity index (χ0n) is 16.3. The number of carbonyl (C=O) groups excluding carboxylic acids is 1. The van der Waals surface area contributed by atoms with E-state index >= 15 is 0 Å². The number of aromatic nitrogens is 3. The average Bonchev–Trinajstić information content (AvgIpc) is 3.08. The molecule has 1 aromatic carbocycles. The van der Waals surface area contributed by atoms with Crippen LogP contribution in [0.5, 0.6) is 0 Å². The summed E-state index contributed by atoms with van der Waals surface area (Å²) in [6.45, 7) is 1.82. The molecule has 2 aromatic heterocycles. The van der Waals surface area contributed by atoms with Crippen molar-refractivity contribution in [2.75, 3.05) is 18.5 Å². The number of alkyl halides is 3. The molecule has 1 amide bonds. The van der Waals surface area contributed by atoms with Gasteiger partial charge in [-0.3, -0.25) is 4.79 Å². The van der Waals surface area contributed by atoms with E-state index in [1.807, 2.05) is 4.90 Å². The molecule has 0 fully saturated rings.